The molecule has 0 radical (unpaired) electrons. The fourth-order valence-electron chi connectivity index (χ4n) is 2.49. The predicted octanol–water partition coefficient (Wildman–Crippen LogP) is 3.56. The van der Waals surface area contributed by atoms with Gasteiger partial charge < -0.3 is 10.1 Å². The van der Waals surface area contributed by atoms with Crippen molar-refractivity contribution in [1.82, 2.24) is 0 Å². The van der Waals surface area contributed by atoms with Crippen molar-refractivity contribution in [2.75, 3.05) is 10.0 Å². The summed E-state index contributed by atoms with van der Waals surface area (Å²) in [7, 11) is -3.95. The van der Waals surface area contributed by atoms with Crippen LogP contribution in [0.4, 0.5) is 11.4 Å². The minimum Gasteiger partial charge on any atom is -0.477 e. The monoisotopic (exact) mass is 380 g/mol. The van der Waals surface area contributed by atoms with Gasteiger partial charge in [-0.15, -0.1) is 0 Å². The van der Waals surface area contributed by atoms with E-state index in [0.29, 0.717) is 12.1 Å². The molecule has 0 aliphatic carbocycles. The molecule has 0 saturated heterocycles. The Bertz CT molecular complexity index is 926. The zero-order valence-electron chi connectivity index (χ0n) is 13.7. The Morgan fingerprint density at radius 3 is 2.56 bits per heavy atom. The number of hydrogen-bond donors (Lipinski definition) is 2. The molecule has 6 nitrogen and oxygen atoms in total. The van der Waals surface area contributed by atoms with Crippen LogP contribution in [-0.2, 0) is 14.8 Å². The van der Waals surface area contributed by atoms with Gasteiger partial charge in [0.25, 0.3) is 15.9 Å². The number of carbonyl (C=O) groups is 1. The molecule has 25 heavy (non-hydrogen) atoms. The van der Waals surface area contributed by atoms with Gasteiger partial charge in [-0.1, -0.05) is 36.2 Å². The summed E-state index contributed by atoms with van der Waals surface area (Å²) in [5.41, 5.74) is 1.68. The first-order valence-corrected chi connectivity index (χ1v) is 9.57. The molecule has 1 unspecified atom stereocenters. The van der Waals surface area contributed by atoms with Crippen LogP contribution in [0.25, 0.3) is 0 Å². The highest BCUT2D eigenvalue weighted by atomic mass is 35.5. The molecule has 1 amide bonds. The molecule has 1 aliphatic rings. The number of aryl methyl sites for hydroxylation is 1. The van der Waals surface area contributed by atoms with E-state index >= 15 is 0 Å². The van der Waals surface area contributed by atoms with Crippen LogP contribution in [-0.4, -0.2) is 20.4 Å². The summed E-state index contributed by atoms with van der Waals surface area (Å²) in [6, 6.07) is 9.71. The first-order chi connectivity index (χ1) is 11.8. The number of rotatable bonds is 4. The molecule has 8 heteroatoms. The lowest BCUT2D eigenvalue weighted by molar-refractivity contribution is -0.123. The highest BCUT2D eigenvalue weighted by Crippen LogP contribution is 2.39. The fraction of sp³-hybridized carbons (Fsp3) is 0.235. The van der Waals surface area contributed by atoms with Crippen LogP contribution >= 0.6 is 11.6 Å². The number of sulfonamides is 1. The molecule has 2 aromatic rings. The lowest BCUT2D eigenvalue weighted by atomic mass is 10.2. The number of amides is 1. The van der Waals surface area contributed by atoms with Gasteiger partial charge in [0.2, 0.25) is 0 Å². The number of halogens is 1. The van der Waals surface area contributed by atoms with Crippen molar-refractivity contribution in [3.63, 3.8) is 0 Å². The highest BCUT2D eigenvalue weighted by molar-refractivity contribution is 7.92. The van der Waals surface area contributed by atoms with E-state index in [1.807, 2.05) is 6.92 Å². The molecule has 0 fully saturated rings. The molecule has 1 atom stereocenters. The first-order valence-electron chi connectivity index (χ1n) is 7.70. The quantitative estimate of drug-likeness (QED) is 0.849. The first kappa shape index (κ1) is 17.6. The average molecular weight is 381 g/mol. The second kappa shape index (κ2) is 6.57. The largest absolute Gasteiger partial charge is 0.477 e. The van der Waals surface area contributed by atoms with Crippen molar-refractivity contribution in [3.05, 3.63) is 47.0 Å². The maximum absolute atomic E-state index is 12.8. The zero-order valence-corrected chi connectivity index (χ0v) is 15.2. The van der Waals surface area contributed by atoms with E-state index in [1.54, 1.807) is 31.2 Å². The normalized spacial score (nSPS) is 16.6. The van der Waals surface area contributed by atoms with Crippen LogP contribution < -0.4 is 14.8 Å². The van der Waals surface area contributed by atoms with Crippen LogP contribution in [0, 0.1) is 6.92 Å². The molecule has 2 N–H and O–H groups in total. The Balaban J connectivity index is 2.04. The number of ether oxygens (including phenoxy) is 1. The Kier molecular flexibility index (Phi) is 4.62. The van der Waals surface area contributed by atoms with Crippen LogP contribution in [0.3, 0.4) is 0 Å². The molecule has 0 spiro atoms. The molecule has 1 aliphatic heterocycles. The maximum Gasteiger partial charge on any atom is 0.265 e. The third-order valence-corrected chi connectivity index (χ3v) is 5.40. The van der Waals surface area contributed by atoms with Crippen LogP contribution in [0.1, 0.15) is 18.9 Å². The van der Waals surface area contributed by atoms with Crippen molar-refractivity contribution in [2.45, 2.75) is 31.3 Å². The highest BCUT2D eigenvalue weighted by Gasteiger charge is 2.32. The van der Waals surface area contributed by atoms with E-state index in [4.69, 9.17) is 16.3 Å². The number of benzene rings is 2. The van der Waals surface area contributed by atoms with E-state index in [0.717, 1.165) is 5.56 Å². The third-order valence-electron chi connectivity index (χ3n) is 3.79. The summed E-state index contributed by atoms with van der Waals surface area (Å²) < 4.78 is 33.8. The number of nitrogens with one attached hydrogen (secondary N) is 2. The Hall–Kier alpha value is -2.25. The van der Waals surface area contributed by atoms with E-state index in [9.17, 15) is 13.2 Å². The summed E-state index contributed by atoms with van der Waals surface area (Å²) in [5, 5.41) is 2.83. The van der Waals surface area contributed by atoms with Gasteiger partial charge in [-0.2, -0.15) is 0 Å². The second-order valence-electron chi connectivity index (χ2n) is 5.76. The zero-order chi connectivity index (χ0) is 18.2. The lowest BCUT2D eigenvalue weighted by Crippen LogP contribution is -2.37. The minimum atomic E-state index is -3.95. The topological polar surface area (TPSA) is 84.5 Å². The van der Waals surface area contributed by atoms with Gasteiger partial charge in [-0.05, 0) is 37.6 Å². The molecule has 0 aromatic heterocycles. The summed E-state index contributed by atoms with van der Waals surface area (Å²) in [5.74, 6) is -0.234. The third kappa shape index (κ3) is 3.57. The lowest BCUT2D eigenvalue weighted by Gasteiger charge is -2.27. The predicted molar refractivity (Wildman–Crippen MR) is 96.8 cm³/mol. The SMILES string of the molecule is CCC1Oc2c(cc(Cl)cc2S(=O)(=O)Nc2ccc(C)cc2)NC1=O. The standard InChI is InChI=1S/C17H17ClN2O4S/c1-3-14-17(21)19-13-8-11(18)9-15(16(13)24-14)25(22,23)20-12-6-4-10(2)5-7-12/h4-9,14,20H,3H2,1-2H3,(H,19,21). The Morgan fingerprint density at radius 1 is 1.24 bits per heavy atom. The summed E-state index contributed by atoms with van der Waals surface area (Å²) in [6.07, 6.45) is -0.333. The number of carbonyl (C=O) groups excluding carboxylic acids is 1. The van der Waals surface area contributed by atoms with Gasteiger partial charge in [0.15, 0.2) is 11.9 Å². The van der Waals surface area contributed by atoms with Gasteiger partial charge in [0, 0.05) is 10.7 Å². The van der Waals surface area contributed by atoms with Crippen LogP contribution in [0.15, 0.2) is 41.3 Å². The van der Waals surface area contributed by atoms with Crippen molar-refractivity contribution in [3.8, 4) is 5.75 Å². The fourth-order valence-corrected chi connectivity index (χ4v) is 4.02. The van der Waals surface area contributed by atoms with Gasteiger partial charge in [0.1, 0.15) is 4.90 Å². The molecule has 132 valence electrons. The van der Waals surface area contributed by atoms with Gasteiger partial charge in [0.05, 0.1) is 5.69 Å². The van der Waals surface area contributed by atoms with Gasteiger partial charge in [-0.25, -0.2) is 8.42 Å². The second-order valence-corrected chi connectivity index (χ2v) is 7.84. The summed E-state index contributed by atoms with van der Waals surface area (Å²) in [6.45, 7) is 3.69. The molecule has 2 aromatic carbocycles. The number of fused-ring (bicyclic) bond motifs is 1. The Labute approximate surface area is 151 Å². The van der Waals surface area contributed by atoms with E-state index < -0.39 is 16.1 Å². The van der Waals surface area contributed by atoms with E-state index in [1.165, 1.54) is 12.1 Å². The molecule has 1 heterocycles. The van der Waals surface area contributed by atoms with Crippen molar-refractivity contribution in [1.29, 1.82) is 0 Å². The molecular formula is C17H17ClN2O4S. The van der Waals surface area contributed by atoms with E-state index in [-0.39, 0.29) is 27.3 Å². The van der Waals surface area contributed by atoms with Crippen LogP contribution in [0.2, 0.25) is 5.02 Å². The van der Waals surface area contributed by atoms with E-state index in [2.05, 4.69) is 10.0 Å². The van der Waals surface area contributed by atoms with Gasteiger partial charge >= 0.3 is 0 Å². The summed E-state index contributed by atoms with van der Waals surface area (Å²) >= 11 is 6.03. The Morgan fingerprint density at radius 2 is 1.92 bits per heavy atom. The minimum absolute atomic E-state index is 0.0930. The molecule has 3 rings (SSSR count). The average Bonchev–Trinajstić information content (AvgIpc) is 2.55. The maximum atomic E-state index is 12.8. The van der Waals surface area contributed by atoms with Crippen molar-refractivity contribution < 1.29 is 17.9 Å². The van der Waals surface area contributed by atoms with Gasteiger partial charge in [-0.3, -0.25) is 9.52 Å². The summed E-state index contributed by atoms with van der Waals surface area (Å²) in [4.78, 5) is 11.8. The molecular weight excluding hydrogens is 364 g/mol. The number of anilines is 2. The van der Waals surface area contributed by atoms with Crippen molar-refractivity contribution in [2.24, 2.45) is 0 Å². The van der Waals surface area contributed by atoms with Crippen LogP contribution in [0.5, 0.6) is 5.75 Å². The smallest absolute Gasteiger partial charge is 0.265 e. The molecule has 0 bridgehead atoms. The number of hydrogen-bond acceptors (Lipinski definition) is 4. The molecule has 0 saturated carbocycles. The van der Waals surface area contributed by atoms with Crippen molar-refractivity contribution >= 4 is 38.9 Å².